The molecule has 7 unspecified atom stereocenters. The van der Waals surface area contributed by atoms with Crippen molar-refractivity contribution in [3.8, 4) is 0 Å². The lowest BCUT2D eigenvalue weighted by Gasteiger charge is -2.72. The van der Waals surface area contributed by atoms with Crippen LogP contribution in [-0.4, -0.2) is 53.2 Å². The van der Waals surface area contributed by atoms with Gasteiger partial charge in [-0.2, -0.15) is 0 Å². The van der Waals surface area contributed by atoms with Gasteiger partial charge in [-0.3, -0.25) is 9.69 Å². The number of hydrogen-bond donors (Lipinski definition) is 2. The third kappa shape index (κ3) is 1.89. The van der Waals surface area contributed by atoms with Crippen LogP contribution in [0, 0.1) is 34.0 Å². The Morgan fingerprint density at radius 1 is 1.23 bits per heavy atom. The average Bonchev–Trinajstić information content (AvgIpc) is 2.60. The molecule has 0 aromatic carbocycles. The van der Waals surface area contributed by atoms with Crippen molar-refractivity contribution in [3.05, 3.63) is 12.2 Å². The summed E-state index contributed by atoms with van der Waals surface area (Å²) >= 11 is 0. The molecule has 1 heterocycles. The molecule has 5 saturated carbocycles. The molecule has 4 heteroatoms. The van der Waals surface area contributed by atoms with Gasteiger partial charge in [-0.15, -0.1) is 0 Å². The second-order valence-electron chi connectivity index (χ2n) is 10.4. The molecule has 144 valence electrons. The number of nitrogens with zero attached hydrogens (tertiary/aromatic N) is 1. The van der Waals surface area contributed by atoms with Gasteiger partial charge in [0.15, 0.2) is 0 Å². The lowest BCUT2D eigenvalue weighted by Crippen LogP contribution is -2.73. The van der Waals surface area contributed by atoms with E-state index in [0.29, 0.717) is 30.0 Å². The molecule has 6 rings (SSSR count). The quantitative estimate of drug-likeness (QED) is 0.743. The summed E-state index contributed by atoms with van der Waals surface area (Å²) in [6.07, 6.45) is 6.54. The largest absolute Gasteiger partial charge is 0.395 e. The molecule has 4 bridgehead atoms. The number of aliphatic hydroxyl groups excluding tert-OH is 2. The second-order valence-corrected chi connectivity index (χ2v) is 10.4. The van der Waals surface area contributed by atoms with Gasteiger partial charge in [-0.1, -0.05) is 19.9 Å². The summed E-state index contributed by atoms with van der Waals surface area (Å²) in [4.78, 5) is 16.0. The second kappa shape index (κ2) is 5.42. The fraction of sp³-hybridized carbons (Fsp3) is 0.864. The van der Waals surface area contributed by atoms with Crippen LogP contribution in [0.3, 0.4) is 0 Å². The number of ketones is 1. The van der Waals surface area contributed by atoms with Crippen molar-refractivity contribution in [2.45, 2.75) is 58.0 Å². The maximum absolute atomic E-state index is 13.5. The highest BCUT2D eigenvalue weighted by Crippen LogP contribution is 2.72. The molecule has 6 aliphatic rings. The van der Waals surface area contributed by atoms with E-state index in [1.165, 1.54) is 19.3 Å². The van der Waals surface area contributed by atoms with Gasteiger partial charge in [0.1, 0.15) is 5.78 Å². The van der Waals surface area contributed by atoms with Gasteiger partial charge in [0.25, 0.3) is 0 Å². The van der Waals surface area contributed by atoms with Crippen LogP contribution in [0.2, 0.25) is 0 Å². The molecule has 0 aromatic rings. The highest BCUT2D eigenvalue weighted by molar-refractivity contribution is 5.88. The van der Waals surface area contributed by atoms with Crippen LogP contribution in [0.4, 0.5) is 0 Å². The van der Waals surface area contributed by atoms with Crippen LogP contribution >= 0.6 is 0 Å². The van der Waals surface area contributed by atoms with Crippen LogP contribution in [-0.2, 0) is 4.79 Å². The first kappa shape index (κ1) is 17.4. The SMILES string of the molecule is C=C1C2CCC3(C(=O)CC4C5(C)CCCC4(CN(CCO)C5)C3C2)C1O. The zero-order chi connectivity index (χ0) is 18.3. The van der Waals surface area contributed by atoms with E-state index in [-0.39, 0.29) is 17.4 Å². The molecule has 1 spiro atoms. The molecule has 0 radical (unpaired) electrons. The molecule has 1 saturated heterocycles. The first-order valence-electron chi connectivity index (χ1n) is 10.6. The number of β-amino-alcohol motifs (C(OH)–C–C–N with tert-alkyl or cyclic N) is 1. The summed E-state index contributed by atoms with van der Waals surface area (Å²) in [6, 6.07) is 0. The monoisotopic (exact) mass is 359 g/mol. The van der Waals surface area contributed by atoms with E-state index in [1.54, 1.807) is 0 Å². The van der Waals surface area contributed by atoms with Gasteiger partial charge >= 0.3 is 0 Å². The average molecular weight is 360 g/mol. The first-order chi connectivity index (χ1) is 12.4. The first-order valence-corrected chi connectivity index (χ1v) is 10.6. The molecule has 26 heavy (non-hydrogen) atoms. The van der Waals surface area contributed by atoms with Crippen LogP contribution < -0.4 is 0 Å². The van der Waals surface area contributed by atoms with Crippen molar-refractivity contribution >= 4 is 5.78 Å². The van der Waals surface area contributed by atoms with Crippen LogP contribution in [0.25, 0.3) is 0 Å². The third-order valence-electron chi connectivity index (χ3n) is 9.46. The summed E-state index contributed by atoms with van der Waals surface area (Å²) in [7, 11) is 0. The number of carbonyl (C=O) groups is 1. The fourth-order valence-electron chi connectivity index (χ4n) is 8.53. The number of rotatable bonds is 2. The normalized spacial score (nSPS) is 53.3. The molecule has 0 amide bonds. The predicted molar refractivity (Wildman–Crippen MR) is 99.4 cm³/mol. The molecule has 1 aliphatic heterocycles. The molecule has 5 aliphatic carbocycles. The zero-order valence-electron chi connectivity index (χ0n) is 16.0. The number of carbonyl (C=O) groups excluding carboxylic acids is 1. The van der Waals surface area contributed by atoms with Gasteiger partial charge < -0.3 is 10.2 Å². The number of fused-ring (bicyclic) bond motifs is 2. The van der Waals surface area contributed by atoms with Crippen molar-refractivity contribution < 1.29 is 15.0 Å². The Labute approximate surface area is 156 Å². The number of hydrogen-bond acceptors (Lipinski definition) is 4. The highest BCUT2D eigenvalue weighted by Gasteiger charge is 2.72. The van der Waals surface area contributed by atoms with Gasteiger partial charge in [0.2, 0.25) is 0 Å². The van der Waals surface area contributed by atoms with Crippen molar-refractivity contribution in [1.82, 2.24) is 4.90 Å². The van der Waals surface area contributed by atoms with Crippen LogP contribution in [0.15, 0.2) is 12.2 Å². The molecular formula is C22H33NO3. The van der Waals surface area contributed by atoms with Gasteiger partial charge in [-0.25, -0.2) is 0 Å². The molecule has 7 atom stereocenters. The summed E-state index contributed by atoms with van der Waals surface area (Å²) in [6.45, 7) is 9.52. The number of Topliss-reactive ketones (excluding diaryl/α,β-unsaturated/α-hetero) is 1. The van der Waals surface area contributed by atoms with E-state index in [1.807, 2.05) is 0 Å². The maximum atomic E-state index is 13.5. The van der Waals surface area contributed by atoms with E-state index < -0.39 is 11.5 Å². The topological polar surface area (TPSA) is 60.8 Å². The van der Waals surface area contributed by atoms with Crippen molar-refractivity contribution in [2.24, 2.45) is 34.0 Å². The van der Waals surface area contributed by atoms with Crippen LogP contribution in [0.1, 0.15) is 51.9 Å². The summed E-state index contributed by atoms with van der Waals surface area (Å²) in [5.74, 6) is 1.46. The zero-order valence-corrected chi connectivity index (χ0v) is 16.0. The summed E-state index contributed by atoms with van der Waals surface area (Å²) in [5.41, 5.74) is 0.663. The molecule has 2 N–H and O–H groups in total. The minimum atomic E-state index is -0.635. The Morgan fingerprint density at radius 2 is 2.04 bits per heavy atom. The molecular weight excluding hydrogens is 326 g/mol. The van der Waals surface area contributed by atoms with Gasteiger partial charge in [0.05, 0.1) is 18.1 Å². The van der Waals surface area contributed by atoms with E-state index in [4.69, 9.17) is 0 Å². The Kier molecular flexibility index (Phi) is 3.63. The van der Waals surface area contributed by atoms with E-state index in [2.05, 4.69) is 18.4 Å². The molecule has 0 aromatic heterocycles. The van der Waals surface area contributed by atoms with Gasteiger partial charge in [0, 0.05) is 26.1 Å². The Morgan fingerprint density at radius 3 is 2.81 bits per heavy atom. The predicted octanol–water partition coefficient (Wildman–Crippen LogP) is 2.39. The van der Waals surface area contributed by atoms with E-state index >= 15 is 0 Å². The number of aliphatic hydroxyl groups is 2. The minimum absolute atomic E-state index is 0.134. The Bertz CT molecular complexity index is 662. The summed E-state index contributed by atoms with van der Waals surface area (Å²) in [5, 5.41) is 20.7. The van der Waals surface area contributed by atoms with Crippen molar-refractivity contribution in [2.75, 3.05) is 26.2 Å². The lowest BCUT2D eigenvalue weighted by molar-refractivity contribution is -0.230. The third-order valence-corrected chi connectivity index (χ3v) is 9.46. The minimum Gasteiger partial charge on any atom is -0.395 e. The molecule has 4 nitrogen and oxygen atoms in total. The maximum Gasteiger partial charge on any atom is 0.142 e. The standard InChI is InChI=1S/C22H33NO3/c1-14-15-4-7-22(19(14)26)17(10-15)21-6-3-5-20(2,16(21)11-18(22)25)12-23(13-21)8-9-24/h15-17,19,24,26H,1,3-13H2,2H3. The fourth-order valence-corrected chi connectivity index (χ4v) is 8.53. The van der Waals surface area contributed by atoms with E-state index in [0.717, 1.165) is 44.5 Å². The van der Waals surface area contributed by atoms with Crippen molar-refractivity contribution in [3.63, 3.8) is 0 Å². The highest BCUT2D eigenvalue weighted by atomic mass is 16.3. The van der Waals surface area contributed by atoms with Crippen LogP contribution in [0.5, 0.6) is 0 Å². The van der Waals surface area contributed by atoms with Crippen molar-refractivity contribution in [1.29, 1.82) is 0 Å². The molecule has 6 fully saturated rings. The Hall–Kier alpha value is -0.710. The lowest BCUT2D eigenvalue weighted by atomic mass is 9.34. The number of piperidine rings is 1. The Balaban J connectivity index is 1.64. The van der Waals surface area contributed by atoms with Gasteiger partial charge in [-0.05, 0) is 66.3 Å². The van der Waals surface area contributed by atoms with E-state index in [9.17, 15) is 15.0 Å². The summed E-state index contributed by atoms with van der Waals surface area (Å²) < 4.78 is 0. The number of likely N-dealkylation sites (tertiary alicyclic amines) is 1. The smallest absolute Gasteiger partial charge is 0.142 e.